The number of carbonyl (C=O) groups excluding carboxylic acids is 3. The second-order valence-electron chi connectivity index (χ2n) is 9.73. The Bertz CT molecular complexity index is 1760. The van der Waals surface area contributed by atoms with Crippen LogP contribution in [-0.2, 0) is 20.9 Å². The lowest BCUT2D eigenvalue weighted by Gasteiger charge is -2.23. The van der Waals surface area contributed by atoms with Crippen LogP contribution in [0.15, 0.2) is 97.1 Å². The van der Waals surface area contributed by atoms with Crippen LogP contribution >= 0.6 is 11.3 Å². The quantitative estimate of drug-likeness (QED) is 0.213. The van der Waals surface area contributed by atoms with Gasteiger partial charge >= 0.3 is 0 Å². The van der Waals surface area contributed by atoms with Crippen LogP contribution in [0, 0.1) is 5.82 Å². The zero-order valence-corrected chi connectivity index (χ0v) is 23.6. The van der Waals surface area contributed by atoms with Crippen LogP contribution in [-0.4, -0.2) is 42.0 Å². The summed E-state index contributed by atoms with van der Waals surface area (Å²) in [5.74, 6) is -0.989. The minimum absolute atomic E-state index is 0.100. The molecular weight excluding hydrogens is 571 g/mol. The Kier molecular flexibility index (Phi) is 7.82. The topological polar surface area (TPSA) is 113 Å². The fourth-order valence-electron chi connectivity index (χ4n) is 4.50. The van der Waals surface area contributed by atoms with E-state index in [0.717, 1.165) is 10.2 Å². The molecule has 216 valence electrons. The molecule has 4 aromatic carbocycles. The molecule has 3 amide bonds. The van der Waals surface area contributed by atoms with E-state index in [1.165, 1.54) is 28.4 Å². The van der Waals surface area contributed by atoms with E-state index in [2.05, 4.69) is 15.6 Å². The third kappa shape index (κ3) is 6.37. The number of methoxy groups -OCH3 is 1. The van der Waals surface area contributed by atoms with E-state index in [-0.39, 0.29) is 12.5 Å². The first kappa shape index (κ1) is 28.0. The van der Waals surface area contributed by atoms with E-state index in [9.17, 15) is 18.8 Å². The summed E-state index contributed by atoms with van der Waals surface area (Å²) in [6.07, 6.45) is -1.97. The van der Waals surface area contributed by atoms with E-state index >= 15 is 0 Å². The standard InChI is InChI=1S/C32H25FN4O5S/c1-41-24-16-12-22(13-17-24)34-30(39)27-28(42-27)31(40)37(18-19-6-10-21(33)11-7-19)23-14-8-20(9-15-23)29(38)36-32-35-25-4-2-3-5-26(25)43-32/h2-17,27-28H,18H2,1H3,(H,34,39)(H,35,36,38)/t27-,28-/m0/s1. The van der Waals surface area contributed by atoms with Crippen molar-refractivity contribution in [2.75, 3.05) is 22.6 Å². The zero-order valence-electron chi connectivity index (χ0n) is 22.8. The van der Waals surface area contributed by atoms with Crippen LogP contribution in [0.25, 0.3) is 10.2 Å². The van der Waals surface area contributed by atoms with E-state index in [1.807, 2.05) is 24.3 Å². The van der Waals surface area contributed by atoms with Gasteiger partial charge in [-0.3, -0.25) is 19.7 Å². The van der Waals surface area contributed by atoms with Crippen molar-refractivity contribution in [3.63, 3.8) is 0 Å². The fourth-order valence-corrected chi connectivity index (χ4v) is 5.36. The van der Waals surface area contributed by atoms with Crippen molar-refractivity contribution in [3.05, 3.63) is 114 Å². The second-order valence-corrected chi connectivity index (χ2v) is 10.8. The van der Waals surface area contributed by atoms with Gasteiger partial charge in [0, 0.05) is 16.9 Å². The van der Waals surface area contributed by atoms with Gasteiger partial charge in [0.1, 0.15) is 11.6 Å². The molecule has 11 heteroatoms. The predicted molar refractivity (Wildman–Crippen MR) is 162 cm³/mol. The molecule has 0 bridgehead atoms. The molecular formula is C32H25FN4O5S. The van der Waals surface area contributed by atoms with E-state index in [4.69, 9.17) is 9.47 Å². The van der Waals surface area contributed by atoms with Crippen molar-refractivity contribution in [1.82, 2.24) is 4.98 Å². The number of rotatable bonds is 9. The highest BCUT2D eigenvalue weighted by Crippen LogP contribution is 2.30. The van der Waals surface area contributed by atoms with Gasteiger partial charge in [-0.1, -0.05) is 35.6 Å². The lowest BCUT2D eigenvalue weighted by molar-refractivity contribution is -0.120. The lowest BCUT2D eigenvalue weighted by Crippen LogP contribution is -2.36. The number of ether oxygens (including phenoxy) is 2. The summed E-state index contributed by atoms with van der Waals surface area (Å²) in [6.45, 7) is 0.100. The number of epoxide rings is 1. The Morgan fingerprint density at radius 1 is 0.907 bits per heavy atom. The SMILES string of the molecule is COc1ccc(NC(=O)[C@H]2O[C@@H]2C(=O)N(Cc2ccc(F)cc2)c2ccc(C(=O)Nc3nc4ccccc4s3)cc2)cc1. The molecule has 6 rings (SSSR count). The number of hydrogen-bond acceptors (Lipinski definition) is 7. The molecule has 2 N–H and O–H groups in total. The van der Waals surface area contributed by atoms with E-state index in [0.29, 0.717) is 33.4 Å². The number of aromatic nitrogens is 1. The predicted octanol–water partition coefficient (Wildman–Crippen LogP) is 5.64. The highest BCUT2D eigenvalue weighted by Gasteiger charge is 2.52. The van der Waals surface area contributed by atoms with Crippen molar-refractivity contribution in [1.29, 1.82) is 0 Å². The summed E-state index contributed by atoms with van der Waals surface area (Å²) in [5, 5.41) is 6.04. The molecule has 2 heterocycles. The van der Waals surface area contributed by atoms with Gasteiger partial charge in [-0.15, -0.1) is 0 Å². The summed E-state index contributed by atoms with van der Waals surface area (Å²) in [6, 6.07) is 26.7. The Hall–Kier alpha value is -5.13. The van der Waals surface area contributed by atoms with Crippen LogP contribution in [0.3, 0.4) is 0 Å². The van der Waals surface area contributed by atoms with Gasteiger partial charge < -0.3 is 19.7 Å². The number of hydrogen-bond donors (Lipinski definition) is 2. The summed E-state index contributed by atoms with van der Waals surface area (Å²) in [7, 11) is 1.55. The molecule has 1 aromatic heterocycles. The largest absolute Gasteiger partial charge is 0.497 e. The number of anilines is 3. The maximum Gasteiger partial charge on any atom is 0.259 e. The number of halogens is 1. The zero-order chi connectivity index (χ0) is 29.9. The molecule has 1 aliphatic heterocycles. The number of nitrogens with one attached hydrogen (secondary N) is 2. The van der Waals surface area contributed by atoms with Gasteiger partial charge in [-0.05, 0) is 78.4 Å². The molecule has 1 fully saturated rings. The van der Waals surface area contributed by atoms with Crippen LogP contribution in [0.5, 0.6) is 5.75 Å². The van der Waals surface area contributed by atoms with Crippen molar-refractivity contribution >= 4 is 55.8 Å². The maximum absolute atomic E-state index is 13.6. The molecule has 2 atom stereocenters. The summed E-state index contributed by atoms with van der Waals surface area (Å²) >= 11 is 1.37. The second kappa shape index (κ2) is 12.0. The van der Waals surface area contributed by atoms with Crippen LogP contribution in [0.4, 0.5) is 20.9 Å². The van der Waals surface area contributed by atoms with E-state index in [1.54, 1.807) is 67.8 Å². The van der Waals surface area contributed by atoms with Gasteiger partial charge in [-0.2, -0.15) is 0 Å². The molecule has 9 nitrogen and oxygen atoms in total. The van der Waals surface area contributed by atoms with Crippen LogP contribution < -0.4 is 20.3 Å². The maximum atomic E-state index is 13.6. The third-order valence-corrected chi connectivity index (χ3v) is 7.78. The van der Waals surface area contributed by atoms with Crippen molar-refractivity contribution in [2.45, 2.75) is 18.8 Å². The van der Waals surface area contributed by atoms with Crippen LogP contribution in [0.2, 0.25) is 0 Å². The Labute approximate surface area is 249 Å². The molecule has 5 aromatic rings. The minimum Gasteiger partial charge on any atom is -0.497 e. The Morgan fingerprint density at radius 3 is 2.33 bits per heavy atom. The number of para-hydroxylation sites is 1. The molecule has 0 saturated carbocycles. The lowest BCUT2D eigenvalue weighted by atomic mass is 10.1. The highest BCUT2D eigenvalue weighted by molar-refractivity contribution is 7.22. The molecule has 1 saturated heterocycles. The third-order valence-electron chi connectivity index (χ3n) is 6.83. The molecule has 0 radical (unpaired) electrons. The van der Waals surface area contributed by atoms with E-state index < -0.39 is 29.8 Å². The summed E-state index contributed by atoms with van der Waals surface area (Å²) < 4.78 is 25.2. The molecule has 43 heavy (non-hydrogen) atoms. The number of nitrogens with zero attached hydrogens (tertiary/aromatic N) is 2. The first-order chi connectivity index (χ1) is 20.9. The smallest absolute Gasteiger partial charge is 0.259 e. The highest BCUT2D eigenvalue weighted by atomic mass is 32.1. The fraction of sp³-hybridized carbons (Fsp3) is 0.125. The normalized spacial score (nSPS) is 15.5. The first-order valence-electron chi connectivity index (χ1n) is 13.3. The van der Waals surface area contributed by atoms with Gasteiger partial charge in [0.2, 0.25) is 0 Å². The Balaban J connectivity index is 1.17. The average Bonchev–Trinajstić information content (AvgIpc) is 3.73. The molecule has 0 aliphatic carbocycles. The molecule has 1 aliphatic rings. The number of benzene rings is 4. The van der Waals surface area contributed by atoms with Gasteiger partial charge in [0.25, 0.3) is 17.7 Å². The number of thiazole rings is 1. The monoisotopic (exact) mass is 596 g/mol. The summed E-state index contributed by atoms with van der Waals surface area (Å²) in [5.41, 5.74) is 2.86. The number of fused-ring (bicyclic) bond motifs is 1. The van der Waals surface area contributed by atoms with Gasteiger partial charge in [-0.25, -0.2) is 9.37 Å². The minimum atomic E-state index is -0.999. The number of amides is 3. The summed E-state index contributed by atoms with van der Waals surface area (Å²) in [4.78, 5) is 45.2. The average molecular weight is 597 g/mol. The van der Waals surface area contributed by atoms with Gasteiger partial charge in [0.05, 0.1) is 23.9 Å². The molecule has 0 unspecified atom stereocenters. The first-order valence-corrected chi connectivity index (χ1v) is 14.1. The van der Waals surface area contributed by atoms with Crippen molar-refractivity contribution in [2.24, 2.45) is 0 Å². The Morgan fingerprint density at radius 2 is 1.63 bits per heavy atom. The number of carbonyl (C=O) groups is 3. The van der Waals surface area contributed by atoms with Crippen molar-refractivity contribution in [3.8, 4) is 5.75 Å². The molecule has 0 spiro atoms. The van der Waals surface area contributed by atoms with Crippen LogP contribution in [0.1, 0.15) is 15.9 Å². The van der Waals surface area contributed by atoms with Crippen molar-refractivity contribution < 1.29 is 28.2 Å². The van der Waals surface area contributed by atoms with Gasteiger partial charge in [0.15, 0.2) is 17.3 Å².